The lowest BCUT2D eigenvalue weighted by molar-refractivity contribution is 0.395. The van der Waals surface area contributed by atoms with Crippen molar-refractivity contribution in [3.63, 3.8) is 0 Å². The monoisotopic (exact) mass is 284 g/mol. The van der Waals surface area contributed by atoms with Crippen molar-refractivity contribution in [1.82, 2.24) is 9.29 Å². The summed E-state index contributed by atoms with van der Waals surface area (Å²) in [6, 6.07) is 5.65. The predicted octanol–water partition coefficient (Wildman–Crippen LogP) is 2.14. The summed E-state index contributed by atoms with van der Waals surface area (Å²) in [7, 11) is -3.14. The number of hydrogen-bond acceptors (Lipinski definition) is 2. The fourth-order valence-electron chi connectivity index (χ4n) is 2.44. The van der Waals surface area contributed by atoms with Gasteiger partial charge in [0.1, 0.15) is 0 Å². The second kappa shape index (κ2) is 3.98. The summed E-state index contributed by atoms with van der Waals surface area (Å²) in [5, 5.41) is 1.69. The SMILES string of the molecule is CS(=O)(=O)N1CCc2[nH]c3ccc(Cl)cc3c2C1. The number of aromatic amines is 1. The molecular weight excluding hydrogens is 272 g/mol. The summed E-state index contributed by atoms with van der Waals surface area (Å²) in [6.45, 7) is 0.959. The van der Waals surface area contributed by atoms with Crippen molar-refractivity contribution in [3.8, 4) is 0 Å². The van der Waals surface area contributed by atoms with Gasteiger partial charge in [-0.05, 0) is 23.8 Å². The van der Waals surface area contributed by atoms with Gasteiger partial charge < -0.3 is 4.98 Å². The van der Waals surface area contributed by atoms with Crippen molar-refractivity contribution >= 4 is 32.5 Å². The average Bonchev–Trinajstić information content (AvgIpc) is 2.65. The Bertz CT molecular complexity index is 721. The molecule has 3 rings (SSSR count). The summed E-state index contributed by atoms with van der Waals surface area (Å²) in [6.07, 6.45) is 1.97. The quantitative estimate of drug-likeness (QED) is 0.872. The van der Waals surface area contributed by atoms with E-state index in [0.717, 1.165) is 22.2 Å². The van der Waals surface area contributed by atoms with Crippen molar-refractivity contribution in [2.24, 2.45) is 0 Å². The fourth-order valence-corrected chi connectivity index (χ4v) is 3.40. The summed E-state index contributed by atoms with van der Waals surface area (Å²) in [5.41, 5.74) is 3.18. The number of sulfonamides is 1. The van der Waals surface area contributed by atoms with Crippen molar-refractivity contribution in [1.29, 1.82) is 0 Å². The van der Waals surface area contributed by atoms with Gasteiger partial charge in [-0.1, -0.05) is 11.6 Å². The molecule has 0 saturated heterocycles. The number of halogens is 1. The van der Waals surface area contributed by atoms with Crippen LogP contribution < -0.4 is 0 Å². The van der Waals surface area contributed by atoms with E-state index >= 15 is 0 Å². The molecule has 0 aliphatic carbocycles. The highest BCUT2D eigenvalue weighted by Crippen LogP contribution is 2.30. The minimum Gasteiger partial charge on any atom is -0.358 e. The molecule has 0 bridgehead atoms. The Morgan fingerprint density at radius 3 is 2.89 bits per heavy atom. The Morgan fingerprint density at radius 2 is 2.17 bits per heavy atom. The van der Waals surface area contributed by atoms with E-state index in [1.165, 1.54) is 10.6 Å². The third kappa shape index (κ3) is 1.92. The van der Waals surface area contributed by atoms with E-state index in [1.807, 2.05) is 18.2 Å². The molecule has 2 aromatic rings. The highest BCUT2D eigenvalue weighted by Gasteiger charge is 2.25. The van der Waals surface area contributed by atoms with E-state index in [-0.39, 0.29) is 0 Å². The first-order chi connectivity index (χ1) is 8.45. The lowest BCUT2D eigenvalue weighted by Gasteiger charge is -2.24. The lowest BCUT2D eigenvalue weighted by atomic mass is 10.1. The van der Waals surface area contributed by atoms with Crippen molar-refractivity contribution < 1.29 is 8.42 Å². The zero-order valence-corrected chi connectivity index (χ0v) is 11.5. The number of benzene rings is 1. The van der Waals surface area contributed by atoms with Gasteiger partial charge in [0.25, 0.3) is 0 Å². The van der Waals surface area contributed by atoms with Crippen LogP contribution in [-0.4, -0.2) is 30.5 Å². The zero-order chi connectivity index (χ0) is 12.9. The Kier molecular flexibility index (Phi) is 2.66. The second-order valence-electron chi connectivity index (χ2n) is 4.62. The molecule has 1 aromatic heterocycles. The molecule has 0 saturated carbocycles. The first-order valence-electron chi connectivity index (χ1n) is 5.69. The highest BCUT2D eigenvalue weighted by atomic mass is 35.5. The summed E-state index contributed by atoms with van der Waals surface area (Å²) in [5.74, 6) is 0. The van der Waals surface area contributed by atoms with E-state index in [4.69, 9.17) is 11.6 Å². The van der Waals surface area contributed by atoms with Crippen molar-refractivity contribution in [2.45, 2.75) is 13.0 Å². The molecule has 18 heavy (non-hydrogen) atoms. The molecule has 4 nitrogen and oxygen atoms in total. The third-order valence-corrected chi connectivity index (χ3v) is 4.86. The van der Waals surface area contributed by atoms with Gasteiger partial charge in [-0.15, -0.1) is 0 Å². The number of H-pyrrole nitrogens is 1. The van der Waals surface area contributed by atoms with Crippen LogP contribution in [-0.2, 0) is 23.0 Å². The maximum Gasteiger partial charge on any atom is 0.211 e. The molecule has 0 amide bonds. The molecule has 2 heterocycles. The zero-order valence-electron chi connectivity index (χ0n) is 9.90. The van der Waals surface area contributed by atoms with Crippen LogP contribution in [0.3, 0.4) is 0 Å². The smallest absolute Gasteiger partial charge is 0.211 e. The van der Waals surface area contributed by atoms with Gasteiger partial charge in [0.05, 0.1) is 6.26 Å². The van der Waals surface area contributed by atoms with E-state index in [1.54, 1.807) is 0 Å². The number of fused-ring (bicyclic) bond motifs is 3. The van der Waals surface area contributed by atoms with E-state index in [0.29, 0.717) is 24.5 Å². The average molecular weight is 285 g/mol. The van der Waals surface area contributed by atoms with Gasteiger partial charge in [-0.2, -0.15) is 4.31 Å². The van der Waals surface area contributed by atoms with Gasteiger partial charge in [0, 0.05) is 41.1 Å². The predicted molar refractivity (Wildman–Crippen MR) is 72.3 cm³/mol. The van der Waals surface area contributed by atoms with Gasteiger partial charge >= 0.3 is 0 Å². The molecule has 1 N–H and O–H groups in total. The Hall–Kier alpha value is -1.04. The summed E-state index contributed by atoms with van der Waals surface area (Å²) >= 11 is 6.00. The second-order valence-corrected chi connectivity index (χ2v) is 7.04. The molecule has 6 heteroatoms. The topological polar surface area (TPSA) is 53.2 Å². The molecule has 96 valence electrons. The Morgan fingerprint density at radius 1 is 1.39 bits per heavy atom. The van der Waals surface area contributed by atoms with Gasteiger partial charge in [0.15, 0.2) is 0 Å². The molecular formula is C12H13ClN2O2S. The molecule has 1 aromatic carbocycles. The molecule has 1 aliphatic rings. The minimum absolute atomic E-state index is 0.425. The number of aromatic nitrogens is 1. The molecule has 0 radical (unpaired) electrons. The molecule has 0 atom stereocenters. The fraction of sp³-hybridized carbons (Fsp3) is 0.333. The summed E-state index contributed by atoms with van der Waals surface area (Å²) in [4.78, 5) is 3.34. The molecule has 0 spiro atoms. The molecule has 0 fully saturated rings. The van der Waals surface area contributed by atoms with Crippen LogP contribution in [0.4, 0.5) is 0 Å². The maximum absolute atomic E-state index is 11.6. The van der Waals surface area contributed by atoms with E-state index in [9.17, 15) is 8.42 Å². The standard InChI is InChI=1S/C12H13ClN2O2S/c1-18(16,17)15-5-4-12-10(7-15)9-6-8(13)2-3-11(9)14-12/h2-3,6,14H,4-5,7H2,1H3. The minimum atomic E-state index is -3.14. The Labute approximate surface area is 111 Å². The molecule has 1 aliphatic heterocycles. The first kappa shape index (κ1) is 12.0. The van der Waals surface area contributed by atoms with Crippen LogP contribution in [0.25, 0.3) is 10.9 Å². The maximum atomic E-state index is 11.6. The first-order valence-corrected chi connectivity index (χ1v) is 7.92. The van der Waals surface area contributed by atoms with Crippen LogP contribution in [0.15, 0.2) is 18.2 Å². The van der Waals surface area contributed by atoms with Gasteiger partial charge in [0.2, 0.25) is 10.0 Å². The van der Waals surface area contributed by atoms with Crippen LogP contribution >= 0.6 is 11.6 Å². The van der Waals surface area contributed by atoms with Crippen LogP contribution in [0.5, 0.6) is 0 Å². The largest absolute Gasteiger partial charge is 0.358 e. The highest BCUT2D eigenvalue weighted by molar-refractivity contribution is 7.88. The van der Waals surface area contributed by atoms with E-state index < -0.39 is 10.0 Å². The number of nitrogens with zero attached hydrogens (tertiary/aromatic N) is 1. The molecule has 0 unspecified atom stereocenters. The van der Waals surface area contributed by atoms with Gasteiger partial charge in [-0.3, -0.25) is 0 Å². The van der Waals surface area contributed by atoms with Crippen molar-refractivity contribution in [3.05, 3.63) is 34.5 Å². The number of rotatable bonds is 1. The van der Waals surface area contributed by atoms with Gasteiger partial charge in [-0.25, -0.2) is 8.42 Å². The summed E-state index contributed by atoms with van der Waals surface area (Å²) < 4.78 is 24.7. The van der Waals surface area contributed by atoms with Crippen LogP contribution in [0.1, 0.15) is 11.3 Å². The third-order valence-electron chi connectivity index (χ3n) is 3.37. The Balaban J connectivity index is 2.14. The van der Waals surface area contributed by atoms with E-state index in [2.05, 4.69) is 4.98 Å². The van der Waals surface area contributed by atoms with Crippen molar-refractivity contribution in [2.75, 3.05) is 12.8 Å². The normalized spacial score (nSPS) is 17.0. The van der Waals surface area contributed by atoms with Crippen LogP contribution in [0, 0.1) is 0 Å². The number of nitrogens with one attached hydrogen (secondary N) is 1. The lowest BCUT2D eigenvalue weighted by Crippen LogP contribution is -2.34. The van der Waals surface area contributed by atoms with Crippen LogP contribution in [0.2, 0.25) is 5.02 Å². The number of hydrogen-bond donors (Lipinski definition) is 1.